The highest BCUT2D eigenvalue weighted by molar-refractivity contribution is 5.87. The summed E-state index contributed by atoms with van der Waals surface area (Å²) in [6, 6.07) is 0.207. The summed E-state index contributed by atoms with van der Waals surface area (Å²) < 4.78 is 5.82. The third-order valence-electron chi connectivity index (χ3n) is 10.1. The molecule has 4 fully saturated rings. The fourth-order valence-corrected chi connectivity index (χ4v) is 7.69. The van der Waals surface area contributed by atoms with Crippen molar-refractivity contribution < 1.29 is 14.9 Å². The maximum Gasteiger partial charge on any atom is 0.193 e. The lowest BCUT2D eigenvalue weighted by atomic mass is 9.61. The van der Waals surface area contributed by atoms with Gasteiger partial charge in [0.2, 0.25) is 0 Å². The molecule has 5 aliphatic rings. The number of fused-ring (bicyclic) bond motifs is 1. The molecule has 0 aromatic rings. The molecular formula is C31H45NO3. The minimum Gasteiger partial charge on any atom is -0.478 e. The zero-order valence-electron chi connectivity index (χ0n) is 22.0. The summed E-state index contributed by atoms with van der Waals surface area (Å²) in [5, 5.41) is 21.3. The molecule has 0 aromatic carbocycles. The molecule has 0 saturated heterocycles. The van der Waals surface area contributed by atoms with Crippen molar-refractivity contribution in [3.8, 4) is 0 Å². The van der Waals surface area contributed by atoms with Crippen molar-refractivity contribution in [1.82, 2.24) is 0 Å². The maximum atomic E-state index is 11.1. The summed E-state index contributed by atoms with van der Waals surface area (Å²) in [5.41, 5.74) is 3.80. The van der Waals surface area contributed by atoms with Gasteiger partial charge < -0.3 is 14.9 Å². The van der Waals surface area contributed by atoms with E-state index in [9.17, 15) is 10.2 Å². The molecule has 4 aliphatic carbocycles. The van der Waals surface area contributed by atoms with Gasteiger partial charge in [0, 0.05) is 0 Å². The third kappa shape index (κ3) is 4.62. The van der Waals surface area contributed by atoms with Crippen molar-refractivity contribution in [3.63, 3.8) is 0 Å². The predicted molar refractivity (Wildman–Crippen MR) is 142 cm³/mol. The van der Waals surface area contributed by atoms with Gasteiger partial charge >= 0.3 is 0 Å². The number of allylic oxidation sites excluding steroid dienone is 4. The van der Waals surface area contributed by atoms with Crippen LogP contribution in [0.2, 0.25) is 0 Å². The Morgan fingerprint density at radius 3 is 2.60 bits per heavy atom. The van der Waals surface area contributed by atoms with Crippen LogP contribution in [-0.2, 0) is 4.74 Å². The molecule has 35 heavy (non-hydrogen) atoms. The molecule has 1 aliphatic heterocycles. The molecule has 2 N–H and O–H groups in total. The molecule has 4 nitrogen and oxygen atoms in total. The molecule has 4 saturated carbocycles. The van der Waals surface area contributed by atoms with Crippen molar-refractivity contribution in [2.45, 2.75) is 103 Å². The van der Waals surface area contributed by atoms with Crippen LogP contribution in [0.15, 0.2) is 52.6 Å². The van der Waals surface area contributed by atoms with Gasteiger partial charge in [-0.1, -0.05) is 50.3 Å². The van der Waals surface area contributed by atoms with Gasteiger partial charge in [-0.15, -0.1) is 0 Å². The Bertz CT molecular complexity index is 954. The summed E-state index contributed by atoms with van der Waals surface area (Å²) >= 11 is 0. The summed E-state index contributed by atoms with van der Waals surface area (Å²) in [5.74, 6) is 2.49. The Morgan fingerprint density at radius 1 is 1.09 bits per heavy atom. The SMILES string of the molecule is C=C1/C(=C\C=C2/CCCC3(C)C2CC[C@@H]3[C@H](C)/C=C/C(O)C2(C3=NC(C)CO3)CC2)CCCC1O. The van der Waals surface area contributed by atoms with Crippen LogP contribution in [0.25, 0.3) is 0 Å². The van der Waals surface area contributed by atoms with E-state index in [2.05, 4.69) is 50.6 Å². The summed E-state index contributed by atoms with van der Waals surface area (Å²) in [7, 11) is 0. The van der Waals surface area contributed by atoms with Crippen LogP contribution in [0.1, 0.15) is 85.0 Å². The van der Waals surface area contributed by atoms with Gasteiger partial charge in [0.05, 0.1) is 23.7 Å². The average Bonchev–Trinajstić information content (AvgIpc) is 3.40. The first-order valence-electron chi connectivity index (χ1n) is 14.1. The highest BCUT2D eigenvalue weighted by Crippen LogP contribution is 2.60. The van der Waals surface area contributed by atoms with Crippen LogP contribution in [0.5, 0.6) is 0 Å². The highest BCUT2D eigenvalue weighted by atomic mass is 16.5. The van der Waals surface area contributed by atoms with Crippen LogP contribution in [0, 0.1) is 28.6 Å². The fourth-order valence-electron chi connectivity index (χ4n) is 7.69. The summed E-state index contributed by atoms with van der Waals surface area (Å²) in [4.78, 5) is 4.65. The first kappa shape index (κ1) is 25.0. The zero-order chi connectivity index (χ0) is 24.8. The number of hydrogen-bond acceptors (Lipinski definition) is 4. The maximum absolute atomic E-state index is 11.1. The molecule has 5 rings (SSSR count). The van der Waals surface area contributed by atoms with E-state index in [0.717, 1.165) is 43.6 Å². The van der Waals surface area contributed by atoms with Crippen LogP contribution < -0.4 is 0 Å². The van der Waals surface area contributed by atoms with E-state index in [1.54, 1.807) is 5.57 Å². The standard InChI is InChI=1S/C31H45NO3/c1-20(10-15-28(34)31(17-18-31)29-32-21(2)19-35-29)25-13-14-26-24(8-6-16-30(25,26)4)12-11-23-7-5-9-27(33)22(23)3/h10-12,15,20-21,25-28,33-34H,3,5-9,13-14,16-19H2,1-2,4H3/b15-10+,23-11-,24-12+/t20-,21?,25-,26?,27?,28?,30?/m1/s1. The first-order valence-corrected chi connectivity index (χ1v) is 14.1. The predicted octanol–water partition coefficient (Wildman–Crippen LogP) is 6.31. The van der Waals surface area contributed by atoms with Gasteiger partial charge in [-0.3, -0.25) is 0 Å². The van der Waals surface area contributed by atoms with E-state index < -0.39 is 6.10 Å². The molecule has 0 bridgehead atoms. The lowest BCUT2D eigenvalue weighted by molar-refractivity contribution is 0.111. The van der Waals surface area contributed by atoms with Gasteiger partial charge in [0.1, 0.15) is 6.61 Å². The minimum atomic E-state index is -0.508. The smallest absolute Gasteiger partial charge is 0.193 e. The van der Waals surface area contributed by atoms with E-state index in [4.69, 9.17) is 4.74 Å². The molecule has 1 heterocycles. The van der Waals surface area contributed by atoms with Crippen LogP contribution in [-0.4, -0.2) is 41.0 Å². The molecule has 0 amide bonds. The van der Waals surface area contributed by atoms with E-state index >= 15 is 0 Å². The topological polar surface area (TPSA) is 62.1 Å². The number of aliphatic hydroxyl groups is 2. The number of hydrogen-bond donors (Lipinski definition) is 2. The molecule has 7 atom stereocenters. The Kier molecular flexibility index (Phi) is 6.91. The molecule has 0 spiro atoms. The van der Waals surface area contributed by atoms with Crippen molar-refractivity contribution in [1.29, 1.82) is 0 Å². The summed E-state index contributed by atoms with van der Waals surface area (Å²) in [6.45, 7) is 11.7. The fraction of sp³-hybridized carbons (Fsp3) is 0.710. The van der Waals surface area contributed by atoms with Crippen molar-refractivity contribution in [2.75, 3.05) is 6.61 Å². The Labute approximate surface area is 211 Å². The number of aliphatic imine (C=N–C) groups is 1. The van der Waals surface area contributed by atoms with Gasteiger partial charge in [-0.25, -0.2) is 4.99 Å². The Morgan fingerprint density at radius 2 is 1.89 bits per heavy atom. The molecule has 192 valence electrons. The quantitative estimate of drug-likeness (QED) is 0.439. The molecular weight excluding hydrogens is 434 g/mol. The Balaban J connectivity index is 1.27. The van der Waals surface area contributed by atoms with Crippen LogP contribution in [0.4, 0.5) is 0 Å². The average molecular weight is 480 g/mol. The van der Waals surface area contributed by atoms with E-state index in [0.29, 0.717) is 29.8 Å². The van der Waals surface area contributed by atoms with Gasteiger partial charge in [0.15, 0.2) is 5.90 Å². The molecule has 0 radical (unpaired) electrons. The normalized spacial score (nSPS) is 40.6. The lowest BCUT2D eigenvalue weighted by Gasteiger charge is -2.44. The number of nitrogens with zero attached hydrogens (tertiary/aromatic N) is 1. The number of aliphatic hydroxyl groups excluding tert-OH is 2. The van der Waals surface area contributed by atoms with Crippen LogP contribution in [0.3, 0.4) is 0 Å². The van der Waals surface area contributed by atoms with Gasteiger partial charge in [0.25, 0.3) is 0 Å². The molecule has 4 heteroatoms. The second kappa shape index (κ2) is 9.67. The molecule has 5 unspecified atom stereocenters. The van der Waals surface area contributed by atoms with Gasteiger partial charge in [-0.05, 0) is 105 Å². The second-order valence-corrected chi connectivity index (χ2v) is 12.4. The number of ether oxygens (including phenoxy) is 1. The lowest BCUT2D eigenvalue weighted by Crippen LogP contribution is -2.35. The molecule has 0 aromatic heterocycles. The van der Waals surface area contributed by atoms with E-state index in [-0.39, 0.29) is 17.6 Å². The minimum absolute atomic E-state index is 0.207. The highest BCUT2D eigenvalue weighted by Gasteiger charge is 2.55. The monoisotopic (exact) mass is 479 g/mol. The first-order chi connectivity index (χ1) is 16.7. The van der Waals surface area contributed by atoms with Gasteiger partial charge in [-0.2, -0.15) is 0 Å². The van der Waals surface area contributed by atoms with Crippen molar-refractivity contribution >= 4 is 5.90 Å². The van der Waals surface area contributed by atoms with E-state index in [1.165, 1.54) is 37.7 Å². The van der Waals surface area contributed by atoms with E-state index in [1.807, 2.05) is 6.08 Å². The van der Waals surface area contributed by atoms with Crippen molar-refractivity contribution in [3.05, 3.63) is 47.6 Å². The third-order valence-corrected chi connectivity index (χ3v) is 10.1. The van der Waals surface area contributed by atoms with Crippen molar-refractivity contribution in [2.24, 2.45) is 33.6 Å². The second-order valence-electron chi connectivity index (χ2n) is 12.4. The largest absolute Gasteiger partial charge is 0.478 e. The number of rotatable bonds is 6. The van der Waals surface area contributed by atoms with Crippen LogP contribution >= 0.6 is 0 Å². The summed E-state index contributed by atoms with van der Waals surface area (Å²) in [6.07, 6.45) is 19.2. The zero-order valence-corrected chi connectivity index (χ0v) is 22.0. The Hall–Kier alpha value is -1.65.